The number of thioether (sulfide) groups is 1. The fraction of sp³-hybridized carbons (Fsp3) is 0.571. The molecule has 1 aromatic heterocycles. The average Bonchev–Trinajstić information content (AvgIpc) is 3.24. The number of carbonyl (C=O) groups excluding carboxylic acids is 1. The third-order valence-electron chi connectivity index (χ3n) is 4.14. The van der Waals surface area contributed by atoms with Crippen molar-refractivity contribution < 1.29 is 9.53 Å². The maximum atomic E-state index is 12.5. The molecule has 2 aliphatic heterocycles. The van der Waals surface area contributed by atoms with Gasteiger partial charge in [-0.2, -0.15) is 0 Å². The number of ether oxygens (including phenoxy) is 1. The van der Waals surface area contributed by atoms with Crippen LogP contribution in [0.2, 0.25) is 0 Å². The van der Waals surface area contributed by atoms with E-state index in [1.54, 1.807) is 0 Å². The zero-order valence-corrected chi connectivity index (χ0v) is 15.5. The van der Waals surface area contributed by atoms with E-state index in [1.807, 2.05) is 0 Å². The minimum absolute atomic E-state index is 0.221. The first-order chi connectivity index (χ1) is 13.1. The molecule has 1 aromatic rings. The second kappa shape index (κ2) is 7.29. The Labute approximate surface area is 161 Å². The molecule has 2 fully saturated rings. The summed E-state index contributed by atoms with van der Waals surface area (Å²) in [5, 5.41) is 15.3. The molecule has 4 atom stereocenters. The molecule has 0 aromatic carbocycles. The van der Waals surface area contributed by atoms with Gasteiger partial charge in [0.05, 0.1) is 0 Å². The molecule has 0 bridgehead atoms. The Kier molecular flexibility index (Phi) is 4.85. The molecule has 142 valence electrons. The van der Waals surface area contributed by atoms with Gasteiger partial charge < -0.3 is 21.2 Å². The van der Waals surface area contributed by atoms with Crippen molar-refractivity contribution in [2.45, 2.75) is 36.8 Å². The number of nitrogens with two attached hydrogens (primary N) is 1. The van der Waals surface area contributed by atoms with Crippen LogP contribution in [-0.2, 0) is 4.74 Å². The van der Waals surface area contributed by atoms with Gasteiger partial charge in [-0.25, -0.2) is 0 Å². The number of carbonyl (C=O) groups is 1. The van der Waals surface area contributed by atoms with Crippen LogP contribution >= 0.6 is 23.1 Å². The summed E-state index contributed by atoms with van der Waals surface area (Å²) >= 11 is 2.16. The number of fused-ring (bicyclic) bond motifs is 1. The number of nitrogens with one attached hydrogen (secondary N) is 2. The first-order valence-electron chi connectivity index (χ1n) is 8.14. The van der Waals surface area contributed by atoms with Crippen molar-refractivity contribution >= 4 is 34.8 Å². The van der Waals surface area contributed by atoms with Crippen LogP contribution in [0.1, 0.15) is 28.7 Å². The summed E-state index contributed by atoms with van der Waals surface area (Å²) in [4.78, 5) is 35.6. The molecule has 3 heterocycles. The van der Waals surface area contributed by atoms with Crippen LogP contribution in [0.25, 0.3) is 0 Å². The smallest absolute Gasteiger partial charge is 0.311 e. The Bertz CT molecular complexity index is 913. The second-order valence-electron chi connectivity index (χ2n) is 6.07. The van der Waals surface area contributed by atoms with Crippen molar-refractivity contribution in [1.29, 1.82) is 0 Å². The molecule has 1 aliphatic carbocycles. The molecule has 11 nitrogen and oxygen atoms in total. The Balaban J connectivity index is 1.56. The zero-order valence-electron chi connectivity index (χ0n) is 13.8. The molecule has 1 amide bonds. The van der Waals surface area contributed by atoms with Crippen molar-refractivity contribution in [2.24, 2.45) is 27.3 Å². The normalized spacial score (nSPS) is 28.0. The Hall–Kier alpha value is -2.43. The van der Waals surface area contributed by atoms with Gasteiger partial charge in [0.25, 0.3) is 5.91 Å². The van der Waals surface area contributed by atoms with E-state index in [-0.39, 0.29) is 15.6 Å². The monoisotopic (exact) mass is 409 g/mol. The lowest BCUT2D eigenvalue weighted by Gasteiger charge is -2.24. The number of thiazole rings is 1. The highest BCUT2D eigenvalue weighted by atomic mass is 32.2. The van der Waals surface area contributed by atoms with E-state index < -0.39 is 29.9 Å². The van der Waals surface area contributed by atoms with Crippen molar-refractivity contribution in [2.75, 3.05) is 11.1 Å². The SMILES string of the molecule is NN=NC1NC(=O)c2sc(=O)n([C@H]3CS[C@@H](C(C#CC4CC4)N=O)O3)c2N1. The molecule has 1 saturated carbocycles. The Morgan fingerprint density at radius 1 is 1.33 bits per heavy atom. The van der Waals surface area contributed by atoms with Crippen molar-refractivity contribution in [3.63, 3.8) is 0 Å². The zero-order chi connectivity index (χ0) is 19.0. The van der Waals surface area contributed by atoms with Crippen molar-refractivity contribution in [3.8, 4) is 11.8 Å². The summed E-state index contributed by atoms with van der Waals surface area (Å²) in [6.07, 6.45) is 0.554. The standard InChI is InChI=1S/C14H15N7O4S2/c15-20-18-13-16-10-9(11(22)17-13)27-14(23)21(10)8-5-26-12(25-8)7(19-24)4-3-6-1-2-6/h6-8,12-13,16H,1-2,5H2,(H2,15,18)(H,17,22)/t7?,8-,12+,13?/m1/s1. The molecule has 4 N–H and O–H groups in total. The summed E-state index contributed by atoms with van der Waals surface area (Å²) in [5.74, 6) is 11.5. The fourth-order valence-corrected chi connectivity index (χ4v) is 4.68. The van der Waals surface area contributed by atoms with Gasteiger partial charge in [0.1, 0.15) is 22.4 Å². The Morgan fingerprint density at radius 2 is 2.15 bits per heavy atom. The second-order valence-corrected chi connectivity index (χ2v) is 8.17. The first kappa shape index (κ1) is 18.0. The highest BCUT2D eigenvalue weighted by Crippen LogP contribution is 2.37. The number of hydrogen-bond donors (Lipinski definition) is 3. The van der Waals surface area contributed by atoms with Crippen LogP contribution in [0.4, 0.5) is 5.82 Å². The van der Waals surface area contributed by atoms with Crippen LogP contribution < -0.4 is 21.3 Å². The van der Waals surface area contributed by atoms with Gasteiger partial charge in [-0.05, 0) is 18.0 Å². The van der Waals surface area contributed by atoms with Gasteiger partial charge in [-0.3, -0.25) is 14.2 Å². The number of anilines is 1. The molecule has 0 radical (unpaired) electrons. The van der Waals surface area contributed by atoms with Gasteiger partial charge in [0.15, 0.2) is 6.04 Å². The lowest BCUT2D eigenvalue weighted by Crippen LogP contribution is -2.44. The number of amides is 1. The first-order valence-corrected chi connectivity index (χ1v) is 10.0. The Morgan fingerprint density at radius 3 is 2.85 bits per heavy atom. The van der Waals surface area contributed by atoms with Crippen LogP contribution in [0, 0.1) is 22.7 Å². The lowest BCUT2D eigenvalue weighted by molar-refractivity contribution is 0.0156. The molecule has 27 heavy (non-hydrogen) atoms. The molecule has 13 heteroatoms. The molecular weight excluding hydrogens is 394 g/mol. The topological polar surface area (TPSA) is 153 Å². The van der Waals surface area contributed by atoms with E-state index in [1.165, 1.54) is 16.3 Å². The molecule has 0 spiro atoms. The molecule has 2 unspecified atom stereocenters. The highest BCUT2D eigenvalue weighted by molar-refractivity contribution is 8.00. The van der Waals surface area contributed by atoms with E-state index in [0.29, 0.717) is 11.7 Å². The van der Waals surface area contributed by atoms with E-state index in [0.717, 1.165) is 24.2 Å². The van der Waals surface area contributed by atoms with Crippen LogP contribution in [0.5, 0.6) is 0 Å². The van der Waals surface area contributed by atoms with Gasteiger partial charge in [-0.1, -0.05) is 28.4 Å². The molecule has 3 aliphatic rings. The fourth-order valence-electron chi connectivity index (χ4n) is 2.70. The summed E-state index contributed by atoms with van der Waals surface area (Å²) in [7, 11) is 0. The largest absolute Gasteiger partial charge is 0.340 e. The predicted octanol–water partition coefficient (Wildman–Crippen LogP) is 0.811. The number of nitrogens with zero attached hydrogens (tertiary/aromatic N) is 4. The average molecular weight is 409 g/mol. The van der Waals surface area contributed by atoms with Gasteiger partial charge in [0.2, 0.25) is 6.29 Å². The van der Waals surface area contributed by atoms with E-state index in [9.17, 15) is 14.5 Å². The van der Waals surface area contributed by atoms with Crippen molar-refractivity contribution in [1.82, 2.24) is 9.88 Å². The minimum Gasteiger partial charge on any atom is -0.340 e. The quantitative estimate of drug-likeness (QED) is 0.219. The van der Waals surface area contributed by atoms with Crippen molar-refractivity contribution in [3.05, 3.63) is 19.5 Å². The summed E-state index contributed by atoms with van der Waals surface area (Å²) in [6.45, 7) is 0. The third kappa shape index (κ3) is 3.55. The van der Waals surface area contributed by atoms with Crippen LogP contribution in [-0.4, -0.2) is 34.0 Å². The minimum atomic E-state index is -0.881. The highest BCUT2D eigenvalue weighted by Gasteiger charge is 2.38. The molecular formula is C14H15N7O4S2. The maximum Gasteiger partial charge on any atom is 0.311 e. The van der Waals surface area contributed by atoms with E-state index in [2.05, 4.69) is 38.0 Å². The molecule has 1 saturated heterocycles. The summed E-state index contributed by atoms with van der Waals surface area (Å²) < 4.78 is 7.22. The summed E-state index contributed by atoms with van der Waals surface area (Å²) in [5.41, 5.74) is -0.571. The van der Waals surface area contributed by atoms with Crippen LogP contribution in [0.15, 0.2) is 20.3 Å². The number of hydrogen-bond acceptors (Lipinski definition) is 10. The van der Waals surface area contributed by atoms with E-state index in [4.69, 9.17) is 10.6 Å². The number of nitroso groups, excluding NO2 is 1. The van der Waals surface area contributed by atoms with E-state index >= 15 is 0 Å². The van der Waals surface area contributed by atoms with Crippen LogP contribution in [0.3, 0.4) is 0 Å². The predicted molar refractivity (Wildman–Crippen MR) is 99.0 cm³/mol. The third-order valence-corrected chi connectivity index (χ3v) is 6.27. The lowest BCUT2D eigenvalue weighted by atomic mass is 10.3. The number of rotatable bonds is 4. The van der Waals surface area contributed by atoms with Gasteiger partial charge in [-0.15, -0.1) is 21.8 Å². The van der Waals surface area contributed by atoms with Gasteiger partial charge >= 0.3 is 4.87 Å². The maximum absolute atomic E-state index is 12.5. The molecule has 4 rings (SSSR count). The van der Waals surface area contributed by atoms with Gasteiger partial charge in [0, 0.05) is 11.7 Å². The summed E-state index contributed by atoms with van der Waals surface area (Å²) in [6, 6.07) is -0.805. The number of aromatic nitrogens is 1.